The first kappa shape index (κ1) is 23.4. The molecule has 170 valence electrons. The molecule has 4 rings (SSSR count). The Morgan fingerprint density at radius 2 is 1.64 bits per heavy atom. The fourth-order valence-corrected chi connectivity index (χ4v) is 4.98. The van der Waals surface area contributed by atoms with Crippen LogP contribution in [-0.2, 0) is 10.0 Å². The Kier molecular flexibility index (Phi) is 6.78. The van der Waals surface area contributed by atoms with E-state index >= 15 is 0 Å². The minimum Gasteiger partial charge on any atom is -0.237 e. The normalized spacial score (nSPS) is 17.1. The van der Waals surface area contributed by atoms with Crippen molar-refractivity contribution in [3.63, 3.8) is 0 Å². The molecule has 0 saturated heterocycles. The molecule has 0 aromatic heterocycles. The van der Waals surface area contributed by atoms with Crippen LogP contribution < -0.4 is 0 Å². The second-order valence-corrected chi connectivity index (χ2v) is 9.69. The molecule has 33 heavy (non-hydrogen) atoms. The second kappa shape index (κ2) is 9.59. The Morgan fingerprint density at radius 1 is 1.00 bits per heavy atom. The lowest BCUT2D eigenvalue weighted by atomic mass is 9.86. The summed E-state index contributed by atoms with van der Waals surface area (Å²) in [5, 5.41) is 5.98. The third-order valence-electron chi connectivity index (χ3n) is 5.07. The standard InChI is InChI=1S/C23H17Cl2F2N3O2S/c24-17-8-6-16(7-9-17)22-21(15-4-2-1-3-5-15)10-11-30(28-22)23(25)29-33(31,32)20-13-18(26)12-19(27)14-20/h1-9,12-14,21H,10-11H2. The average molecular weight is 508 g/mol. The summed E-state index contributed by atoms with van der Waals surface area (Å²) in [4.78, 5) is -0.640. The molecule has 1 unspecified atom stereocenters. The van der Waals surface area contributed by atoms with Gasteiger partial charge >= 0.3 is 0 Å². The molecule has 5 nitrogen and oxygen atoms in total. The fraction of sp³-hybridized carbons (Fsp3) is 0.130. The van der Waals surface area contributed by atoms with Gasteiger partial charge in [-0.05, 0) is 53.4 Å². The third kappa shape index (κ3) is 5.40. The molecule has 1 atom stereocenters. The predicted molar refractivity (Wildman–Crippen MR) is 125 cm³/mol. The second-order valence-electron chi connectivity index (χ2n) is 7.31. The number of sulfonamides is 1. The smallest absolute Gasteiger partial charge is 0.237 e. The molecule has 0 amide bonds. The molecule has 0 N–H and O–H groups in total. The molecular formula is C23H17Cl2F2N3O2S. The number of benzene rings is 3. The number of halogens is 4. The van der Waals surface area contributed by atoms with Crippen LogP contribution in [0.25, 0.3) is 0 Å². The van der Waals surface area contributed by atoms with Crippen LogP contribution in [0.3, 0.4) is 0 Å². The first-order valence-corrected chi connectivity index (χ1v) is 12.1. The Bertz CT molecular complexity index is 1310. The molecule has 0 spiro atoms. The van der Waals surface area contributed by atoms with Crippen LogP contribution in [0.15, 0.2) is 87.2 Å². The number of hydrazone groups is 1. The van der Waals surface area contributed by atoms with E-state index in [1.54, 1.807) is 12.1 Å². The summed E-state index contributed by atoms with van der Waals surface area (Å²) in [7, 11) is -4.46. The van der Waals surface area contributed by atoms with Crippen LogP contribution in [0.5, 0.6) is 0 Å². The summed E-state index contributed by atoms with van der Waals surface area (Å²) in [6, 6.07) is 18.8. The first-order chi connectivity index (χ1) is 15.7. The molecule has 0 saturated carbocycles. The number of amidine groups is 1. The lowest BCUT2D eigenvalue weighted by Gasteiger charge is -2.30. The van der Waals surface area contributed by atoms with Gasteiger partial charge in [0.25, 0.3) is 10.0 Å². The van der Waals surface area contributed by atoms with Crippen molar-refractivity contribution < 1.29 is 17.2 Å². The minimum absolute atomic E-state index is 0.0676. The van der Waals surface area contributed by atoms with E-state index in [2.05, 4.69) is 9.50 Å². The molecule has 1 aliphatic heterocycles. The van der Waals surface area contributed by atoms with Gasteiger partial charge in [-0.2, -0.15) is 13.5 Å². The zero-order chi connectivity index (χ0) is 23.6. The summed E-state index contributed by atoms with van der Waals surface area (Å²) >= 11 is 12.3. The van der Waals surface area contributed by atoms with Gasteiger partial charge in [-0.1, -0.05) is 54.1 Å². The average Bonchev–Trinajstić information content (AvgIpc) is 2.79. The molecular weight excluding hydrogens is 491 g/mol. The van der Waals surface area contributed by atoms with Crippen molar-refractivity contribution in [3.05, 3.63) is 101 Å². The minimum atomic E-state index is -4.46. The van der Waals surface area contributed by atoms with Crippen molar-refractivity contribution in [1.29, 1.82) is 0 Å². The van der Waals surface area contributed by atoms with E-state index in [1.165, 1.54) is 5.01 Å². The molecule has 0 fully saturated rings. The zero-order valence-corrected chi connectivity index (χ0v) is 19.3. The van der Waals surface area contributed by atoms with E-state index in [9.17, 15) is 17.2 Å². The van der Waals surface area contributed by atoms with E-state index in [-0.39, 0.29) is 12.5 Å². The predicted octanol–water partition coefficient (Wildman–Crippen LogP) is 5.80. The van der Waals surface area contributed by atoms with Gasteiger partial charge in [0, 0.05) is 23.6 Å². The fourth-order valence-electron chi connectivity index (χ4n) is 3.54. The highest BCUT2D eigenvalue weighted by molar-refractivity contribution is 7.90. The molecule has 3 aromatic rings. The lowest BCUT2D eigenvalue weighted by molar-refractivity contribution is 0.410. The maximum atomic E-state index is 13.5. The molecule has 3 aromatic carbocycles. The number of hydrogen-bond donors (Lipinski definition) is 0. The Labute approximate surface area is 200 Å². The topological polar surface area (TPSA) is 62.1 Å². The van der Waals surface area contributed by atoms with Gasteiger partial charge in [-0.15, -0.1) is 4.40 Å². The van der Waals surface area contributed by atoms with Crippen LogP contribution in [0.1, 0.15) is 23.5 Å². The summed E-state index contributed by atoms with van der Waals surface area (Å²) in [5.74, 6) is -2.14. The van der Waals surface area contributed by atoms with Crippen LogP contribution in [0.4, 0.5) is 8.78 Å². The van der Waals surface area contributed by atoms with Crippen LogP contribution >= 0.6 is 23.2 Å². The molecule has 1 aliphatic rings. The largest absolute Gasteiger partial charge is 0.285 e. The highest BCUT2D eigenvalue weighted by atomic mass is 35.5. The van der Waals surface area contributed by atoms with Crippen LogP contribution in [0, 0.1) is 11.6 Å². The lowest BCUT2D eigenvalue weighted by Crippen LogP contribution is -2.34. The van der Waals surface area contributed by atoms with Gasteiger partial charge in [-0.3, -0.25) is 0 Å². The highest BCUT2D eigenvalue weighted by Gasteiger charge is 2.28. The van der Waals surface area contributed by atoms with Crippen molar-refractivity contribution in [3.8, 4) is 0 Å². The van der Waals surface area contributed by atoms with Crippen molar-refractivity contribution in [2.24, 2.45) is 9.50 Å². The van der Waals surface area contributed by atoms with E-state index in [1.807, 2.05) is 42.5 Å². The Hall–Kier alpha value is -2.81. The van der Waals surface area contributed by atoms with Gasteiger partial charge in [0.05, 0.1) is 10.6 Å². The van der Waals surface area contributed by atoms with E-state index in [0.717, 1.165) is 11.1 Å². The van der Waals surface area contributed by atoms with Gasteiger partial charge in [0.2, 0.25) is 5.29 Å². The number of nitrogens with zero attached hydrogens (tertiary/aromatic N) is 3. The third-order valence-corrected chi connectivity index (χ3v) is 6.95. The molecule has 0 aliphatic carbocycles. The van der Waals surface area contributed by atoms with E-state index in [0.29, 0.717) is 35.4 Å². The summed E-state index contributed by atoms with van der Waals surface area (Å²) in [6.07, 6.45) is 0.575. The first-order valence-electron chi connectivity index (χ1n) is 9.86. The number of hydrogen-bond acceptors (Lipinski definition) is 3. The molecule has 0 radical (unpaired) electrons. The van der Waals surface area contributed by atoms with Crippen LogP contribution in [0.2, 0.25) is 5.02 Å². The van der Waals surface area contributed by atoms with Gasteiger partial charge in [0.1, 0.15) is 11.6 Å². The van der Waals surface area contributed by atoms with E-state index in [4.69, 9.17) is 23.2 Å². The summed E-state index contributed by atoms with van der Waals surface area (Å²) in [5.41, 5.74) is 2.49. The number of rotatable bonds is 4. The van der Waals surface area contributed by atoms with E-state index < -0.39 is 31.8 Å². The van der Waals surface area contributed by atoms with Crippen molar-refractivity contribution >= 4 is 44.2 Å². The SMILES string of the molecule is O=S(=O)(N=C(Cl)N1CCC(c2ccccc2)C(c2ccc(Cl)cc2)=N1)c1cc(F)cc(F)c1. The van der Waals surface area contributed by atoms with Crippen molar-refractivity contribution in [2.45, 2.75) is 17.2 Å². The Balaban J connectivity index is 1.73. The zero-order valence-electron chi connectivity index (χ0n) is 17.0. The van der Waals surface area contributed by atoms with Crippen molar-refractivity contribution in [1.82, 2.24) is 5.01 Å². The maximum Gasteiger partial charge on any atom is 0.285 e. The van der Waals surface area contributed by atoms with Crippen molar-refractivity contribution in [2.75, 3.05) is 6.54 Å². The summed E-state index contributed by atoms with van der Waals surface area (Å²) in [6.45, 7) is 0.284. The Morgan fingerprint density at radius 3 is 2.27 bits per heavy atom. The van der Waals surface area contributed by atoms with Gasteiger partial charge in [0.15, 0.2) is 0 Å². The summed E-state index contributed by atoms with van der Waals surface area (Å²) < 4.78 is 55.7. The molecule has 10 heteroatoms. The molecule has 0 bridgehead atoms. The quantitative estimate of drug-likeness (QED) is 0.255. The monoisotopic (exact) mass is 507 g/mol. The van der Waals surface area contributed by atoms with Crippen LogP contribution in [-0.4, -0.2) is 31.0 Å². The van der Waals surface area contributed by atoms with Gasteiger partial charge < -0.3 is 0 Å². The maximum absolute atomic E-state index is 13.5. The van der Waals surface area contributed by atoms with Gasteiger partial charge in [-0.25, -0.2) is 13.8 Å². The highest BCUT2D eigenvalue weighted by Crippen LogP contribution is 2.30. The molecule has 1 heterocycles.